The fourth-order valence-corrected chi connectivity index (χ4v) is 8.20. The van der Waals surface area contributed by atoms with Crippen LogP contribution in [0, 0.1) is 12.3 Å². The van der Waals surface area contributed by atoms with E-state index < -0.39 is 0 Å². The van der Waals surface area contributed by atoms with Gasteiger partial charge in [-0.05, 0) is 108 Å². The van der Waals surface area contributed by atoms with Gasteiger partial charge in [0.15, 0.2) is 5.76 Å². The van der Waals surface area contributed by atoms with Crippen molar-refractivity contribution in [3.63, 3.8) is 0 Å². The standard InChI is InChI=1S/C46H32O/c1-5-15-30-37-26-28(24-25-42(37)47-41(30)6-2)43-32-18-9-11-20-34(32)44(35-21-12-10-19-33(35)43)38-27-40-45(31-17-8-7-16-29(31)38)36-22-13-14-23-39(36)46(40,3)4/h2,5,7-27H,1,3-4H3/b15-5-. The Labute approximate surface area is 274 Å². The van der Waals surface area contributed by atoms with E-state index in [9.17, 15) is 0 Å². The van der Waals surface area contributed by atoms with Gasteiger partial charge in [-0.3, -0.25) is 0 Å². The van der Waals surface area contributed by atoms with Gasteiger partial charge in [-0.2, -0.15) is 0 Å². The highest BCUT2D eigenvalue weighted by Crippen LogP contribution is 2.54. The zero-order chi connectivity index (χ0) is 31.9. The van der Waals surface area contributed by atoms with Gasteiger partial charge in [0.2, 0.25) is 0 Å². The fourth-order valence-electron chi connectivity index (χ4n) is 8.20. The van der Waals surface area contributed by atoms with Crippen LogP contribution in [0.15, 0.2) is 132 Å². The first kappa shape index (κ1) is 27.5. The number of furan rings is 1. The molecule has 0 unspecified atom stereocenters. The van der Waals surface area contributed by atoms with E-state index in [0.717, 1.165) is 22.1 Å². The van der Waals surface area contributed by atoms with Crippen molar-refractivity contribution >= 4 is 49.4 Å². The van der Waals surface area contributed by atoms with E-state index >= 15 is 0 Å². The maximum absolute atomic E-state index is 6.07. The topological polar surface area (TPSA) is 13.1 Å². The van der Waals surface area contributed by atoms with Crippen molar-refractivity contribution in [1.29, 1.82) is 0 Å². The van der Waals surface area contributed by atoms with E-state index in [-0.39, 0.29) is 5.41 Å². The summed E-state index contributed by atoms with van der Waals surface area (Å²) in [6, 6.07) is 44.6. The van der Waals surface area contributed by atoms with Gasteiger partial charge < -0.3 is 4.42 Å². The molecule has 0 saturated carbocycles. The predicted octanol–water partition coefficient (Wildman–Crippen LogP) is 12.5. The van der Waals surface area contributed by atoms with Crippen LogP contribution in [0.4, 0.5) is 0 Å². The molecule has 0 radical (unpaired) electrons. The number of benzene rings is 7. The summed E-state index contributed by atoms with van der Waals surface area (Å²) in [6.07, 6.45) is 9.91. The number of rotatable bonds is 3. The van der Waals surface area contributed by atoms with Gasteiger partial charge in [0.05, 0.1) is 0 Å². The van der Waals surface area contributed by atoms with Crippen LogP contribution in [0.1, 0.15) is 43.2 Å². The lowest BCUT2D eigenvalue weighted by Crippen LogP contribution is -2.15. The normalized spacial score (nSPS) is 13.5. The average molecular weight is 601 g/mol. The SMILES string of the molecule is C#Cc1oc2ccc(-c3c4ccccc4c(-c4cc5c(c6ccccc46)-c4ccccc4C5(C)C)c4ccccc34)cc2c1/C=C\C. The van der Waals surface area contributed by atoms with Crippen molar-refractivity contribution in [2.45, 2.75) is 26.2 Å². The van der Waals surface area contributed by atoms with E-state index in [0.29, 0.717) is 5.76 Å². The van der Waals surface area contributed by atoms with Crippen molar-refractivity contribution in [3.05, 3.63) is 150 Å². The molecule has 9 rings (SSSR count). The third-order valence-corrected chi connectivity index (χ3v) is 10.3. The second-order valence-corrected chi connectivity index (χ2v) is 13.1. The van der Waals surface area contributed by atoms with E-state index in [4.69, 9.17) is 10.8 Å². The summed E-state index contributed by atoms with van der Waals surface area (Å²) in [5, 5.41) is 8.54. The maximum Gasteiger partial charge on any atom is 0.185 e. The average Bonchev–Trinajstić information content (AvgIpc) is 3.57. The Balaban J connectivity index is 1.40. The highest BCUT2D eigenvalue weighted by Gasteiger charge is 2.37. The molecule has 1 heterocycles. The Morgan fingerprint density at radius 2 is 1.15 bits per heavy atom. The molecule has 1 aromatic heterocycles. The summed E-state index contributed by atoms with van der Waals surface area (Å²) in [5.74, 6) is 3.30. The van der Waals surface area contributed by atoms with Crippen LogP contribution in [-0.4, -0.2) is 0 Å². The second kappa shape index (κ2) is 10.1. The van der Waals surface area contributed by atoms with Crippen LogP contribution >= 0.6 is 0 Å². The Morgan fingerprint density at radius 1 is 0.574 bits per heavy atom. The van der Waals surface area contributed by atoms with Crippen LogP contribution in [0.25, 0.3) is 82.7 Å². The molecular weight excluding hydrogens is 569 g/mol. The molecule has 1 heteroatoms. The van der Waals surface area contributed by atoms with Gasteiger partial charge in [0.1, 0.15) is 5.58 Å². The molecule has 0 atom stereocenters. The quantitative estimate of drug-likeness (QED) is 0.145. The second-order valence-electron chi connectivity index (χ2n) is 13.1. The van der Waals surface area contributed by atoms with Gasteiger partial charge in [0, 0.05) is 16.4 Å². The predicted molar refractivity (Wildman–Crippen MR) is 200 cm³/mol. The number of allylic oxidation sites excluding steroid dienone is 1. The minimum absolute atomic E-state index is 0.113. The number of hydrogen-bond donors (Lipinski definition) is 0. The molecule has 7 aromatic carbocycles. The molecular formula is C46H32O. The minimum Gasteiger partial charge on any atom is -0.447 e. The van der Waals surface area contributed by atoms with E-state index in [1.54, 1.807) is 0 Å². The van der Waals surface area contributed by atoms with E-state index in [1.165, 1.54) is 71.3 Å². The zero-order valence-electron chi connectivity index (χ0n) is 26.7. The molecule has 1 aliphatic carbocycles. The van der Waals surface area contributed by atoms with Gasteiger partial charge in [-0.15, -0.1) is 6.42 Å². The van der Waals surface area contributed by atoms with Crippen molar-refractivity contribution in [2.24, 2.45) is 0 Å². The lowest BCUT2D eigenvalue weighted by Gasteiger charge is -2.24. The summed E-state index contributed by atoms with van der Waals surface area (Å²) in [4.78, 5) is 0. The molecule has 0 aliphatic heterocycles. The van der Waals surface area contributed by atoms with Crippen molar-refractivity contribution in [2.75, 3.05) is 0 Å². The first-order valence-electron chi connectivity index (χ1n) is 16.3. The van der Waals surface area contributed by atoms with Crippen molar-refractivity contribution in [1.82, 2.24) is 0 Å². The molecule has 0 spiro atoms. The Morgan fingerprint density at radius 3 is 1.79 bits per heavy atom. The van der Waals surface area contributed by atoms with Crippen LogP contribution < -0.4 is 0 Å². The monoisotopic (exact) mass is 600 g/mol. The zero-order valence-corrected chi connectivity index (χ0v) is 26.7. The van der Waals surface area contributed by atoms with Crippen LogP contribution in [-0.2, 0) is 5.41 Å². The third kappa shape index (κ3) is 3.79. The molecule has 0 N–H and O–H groups in total. The lowest BCUT2D eigenvalue weighted by molar-refractivity contribution is 0.600. The first-order chi connectivity index (χ1) is 23.0. The van der Waals surface area contributed by atoms with E-state index in [1.807, 2.05) is 19.1 Å². The molecule has 8 aromatic rings. The van der Waals surface area contributed by atoms with Crippen molar-refractivity contribution in [3.8, 4) is 45.7 Å². The van der Waals surface area contributed by atoms with Crippen LogP contribution in [0.5, 0.6) is 0 Å². The molecule has 0 fully saturated rings. The third-order valence-electron chi connectivity index (χ3n) is 10.3. The summed E-state index contributed by atoms with van der Waals surface area (Å²) >= 11 is 0. The summed E-state index contributed by atoms with van der Waals surface area (Å²) in [5.41, 5.74) is 12.0. The number of fused-ring (bicyclic) bond motifs is 8. The minimum atomic E-state index is -0.113. The number of terminal acetylenes is 1. The van der Waals surface area contributed by atoms with Gasteiger partial charge in [-0.25, -0.2) is 0 Å². The molecule has 0 bridgehead atoms. The molecule has 1 aliphatic rings. The van der Waals surface area contributed by atoms with Crippen LogP contribution in [0.2, 0.25) is 0 Å². The summed E-state index contributed by atoms with van der Waals surface area (Å²) in [6.45, 7) is 6.75. The molecule has 0 amide bonds. The maximum atomic E-state index is 6.07. The Kier molecular flexibility index (Phi) is 5.89. The highest BCUT2D eigenvalue weighted by atomic mass is 16.3. The van der Waals surface area contributed by atoms with Crippen molar-refractivity contribution < 1.29 is 4.42 Å². The van der Waals surface area contributed by atoms with Gasteiger partial charge in [-0.1, -0.05) is 129 Å². The largest absolute Gasteiger partial charge is 0.447 e. The molecule has 47 heavy (non-hydrogen) atoms. The molecule has 1 nitrogen and oxygen atoms in total. The Bertz CT molecular complexity index is 2610. The molecule has 0 saturated heterocycles. The van der Waals surface area contributed by atoms with E-state index in [2.05, 4.69) is 141 Å². The smallest absolute Gasteiger partial charge is 0.185 e. The summed E-state index contributed by atoms with van der Waals surface area (Å²) in [7, 11) is 0. The first-order valence-corrected chi connectivity index (χ1v) is 16.3. The fraction of sp³-hybridized carbons (Fsp3) is 0.0870. The molecule has 222 valence electrons. The Hall–Kier alpha value is -5.84. The lowest BCUT2D eigenvalue weighted by atomic mass is 9.79. The van der Waals surface area contributed by atoms with Crippen LogP contribution in [0.3, 0.4) is 0 Å². The summed E-state index contributed by atoms with van der Waals surface area (Å²) < 4.78 is 6.07. The highest BCUT2D eigenvalue weighted by molar-refractivity contribution is 6.25. The van der Waals surface area contributed by atoms with Gasteiger partial charge >= 0.3 is 0 Å². The number of hydrogen-bond acceptors (Lipinski definition) is 1. The van der Waals surface area contributed by atoms with Gasteiger partial charge in [0.25, 0.3) is 0 Å².